The van der Waals surface area contributed by atoms with Crippen LogP contribution in [0.1, 0.15) is 15.9 Å². The first-order valence-corrected chi connectivity index (χ1v) is 4.68. The molecule has 0 unspecified atom stereocenters. The average Bonchev–Trinajstić information content (AvgIpc) is 2.10. The largest absolute Gasteiger partial charge is 0.465 e. The molecule has 2 nitrogen and oxygen atoms in total. The standard InChI is InChI=1S/C9H8FIO2/c1-5-7(9(12)13-2)3-6(10)4-8(5)11/h3-4H,1-2H3. The molecule has 1 aromatic rings. The summed E-state index contributed by atoms with van der Waals surface area (Å²) in [5, 5.41) is 0. The van der Waals surface area contributed by atoms with Gasteiger partial charge in [-0.05, 0) is 47.2 Å². The fourth-order valence-corrected chi connectivity index (χ4v) is 1.56. The highest BCUT2D eigenvalue weighted by molar-refractivity contribution is 14.1. The van der Waals surface area contributed by atoms with Crippen molar-refractivity contribution in [3.63, 3.8) is 0 Å². The number of esters is 1. The van der Waals surface area contributed by atoms with E-state index in [1.165, 1.54) is 19.2 Å². The quantitative estimate of drug-likeness (QED) is 0.587. The zero-order valence-corrected chi connectivity index (χ0v) is 9.38. The van der Waals surface area contributed by atoms with Gasteiger partial charge in [-0.25, -0.2) is 9.18 Å². The molecule has 0 radical (unpaired) electrons. The molecular formula is C9H8FIO2. The van der Waals surface area contributed by atoms with Gasteiger partial charge in [0.2, 0.25) is 0 Å². The maximum Gasteiger partial charge on any atom is 0.338 e. The van der Waals surface area contributed by atoms with Crippen LogP contribution >= 0.6 is 22.6 Å². The van der Waals surface area contributed by atoms with Crippen LogP contribution in [-0.2, 0) is 4.74 Å². The predicted molar refractivity (Wildman–Crippen MR) is 55.2 cm³/mol. The summed E-state index contributed by atoms with van der Waals surface area (Å²) in [5.41, 5.74) is 1.03. The van der Waals surface area contributed by atoms with E-state index in [-0.39, 0.29) is 5.56 Å². The maximum atomic E-state index is 12.9. The molecule has 0 spiro atoms. The first-order chi connectivity index (χ1) is 6.06. The Morgan fingerprint density at radius 1 is 1.54 bits per heavy atom. The summed E-state index contributed by atoms with van der Waals surface area (Å²) in [4.78, 5) is 11.1. The normalized spacial score (nSPS) is 9.85. The molecule has 4 heteroatoms. The predicted octanol–water partition coefficient (Wildman–Crippen LogP) is 2.53. The Kier molecular flexibility index (Phi) is 3.24. The molecule has 0 saturated heterocycles. The third-order valence-corrected chi connectivity index (χ3v) is 2.83. The van der Waals surface area contributed by atoms with Crippen LogP contribution in [0, 0.1) is 16.3 Å². The Morgan fingerprint density at radius 3 is 2.69 bits per heavy atom. The van der Waals surface area contributed by atoms with Crippen LogP contribution in [0.2, 0.25) is 0 Å². The number of carbonyl (C=O) groups is 1. The molecule has 1 aromatic carbocycles. The summed E-state index contributed by atoms with van der Waals surface area (Å²) in [5.74, 6) is -0.926. The van der Waals surface area contributed by atoms with Gasteiger partial charge in [-0.1, -0.05) is 0 Å². The Bertz CT molecular complexity index is 350. The maximum absolute atomic E-state index is 12.9. The van der Waals surface area contributed by atoms with E-state index in [0.717, 1.165) is 9.13 Å². The molecule has 0 aromatic heterocycles. The molecule has 0 bridgehead atoms. The van der Waals surface area contributed by atoms with Crippen LogP contribution in [-0.4, -0.2) is 13.1 Å². The van der Waals surface area contributed by atoms with Crippen LogP contribution in [0.15, 0.2) is 12.1 Å². The van der Waals surface area contributed by atoms with Crippen molar-refractivity contribution in [3.05, 3.63) is 32.6 Å². The van der Waals surface area contributed by atoms with E-state index < -0.39 is 11.8 Å². The molecule has 0 amide bonds. The zero-order chi connectivity index (χ0) is 10.0. The summed E-state index contributed by atoms with van der Waals surface area (Å²) in [6.45, 7) is 1.76. The van der Waals surface area contributed by atoms with Crippen molar-refractivity contribution in [2.24, 2.45) is 0 Å². The molecule has 1 rings (SSSR count). The van der Waals surface area contributed by atoms with E-state index in [4.69, 9.17) is 0 Å². The summed E-state index contributed by atoms with van der Waals surface area (Å²) >= 11 is 1.98. The first-order valence-electron chi connectivity index (χ1n) is 3.60. The molecule has 0 N–H and O–H groups in total. The van der Waals surface area contributed by atoms with E-state index in [1.54, 1.807) is 6.92 Å². The number of ether oxygens (including phenoxy) is 1. The van der Waals surface area contributed by atoms with Gasteiger partial charge in [-0.2, -0.15) is 0 Å². The van der Waals surface area contributed by atoms with Crippen LogP contribution in [0.25, 0.3) is 0 Å². The Hall–Kier alpha value is -0.650. The fourth-order valence-electron chi connectivity index (χ4n) is 0.968. The molecule has 0 heterocycles. The van der Waals surface area contributed by atoms with Gasteiger partial charge < -0.3 is 4.74 Å². The molecule has 0 aliphatic carbocycles. The van der Waals surface area contributed by atoms with Crippen molar-refractivity contribution in [2.45, 2.75) is 6.92 Å². The van der Waals surface area contributed by atoms with Crippen LogP contribution in [0.3, 0.4) is 0 Å². The molecule has 0 saturated carbocycles. The summed E-state index contributed by atoms with van der Waals surface area (Å²) in [6, 6.07) is 2.56. The second-order valence-corrected chi connectivity index (χ2v) is 3.71. The number of benzene rings is 1. The fraction of sp³-hybridized carbons (Fsp3) is 0.222. The lowest BCUT2D eigenvalue weighted by Crippen LogP contribution is -2.05. The molecule has 0 aliphatic heterocycles. The number of carbonyl (C=O) groups excluding carboxylic acids is 1. The third kappa shape index (κ3) is 2.18. The molecule has 0 aliphatic rings. The SMILES string of the molecule is COC(=O)c1cc(F)cc(I)c1C. The molecular weight excluding hydrogens is 286 g/mol. The van der Waals surface area contributed by atoms with Crippen molar-refractivity contribution < 1.29 is 13.9 Å². The Morgan fingerprint density at radius 2 is 2.15 bits per heavy atom. The molecule has 13 heavy (non-hydrogen) atoms. The van der Waals surface area contributed by atoms with E-state index in [9.17, 15) is 9.18 Å². The highest BCUT2D eigenvalue weighted by Crippen LogP contribution is 2.18. The minimum absolute atomic E-state index is 0.284. The number of hydrogen-bond acceptors (Lipinski definition) is 2. The van der Waals surface area contributed by atoms with Crippen molar-refractivity contribution in [2.75, 3.05) is 7.11 Å². The lowest BCUT2D eigenvalue weighted by atomic mass is 10.1. The average molecular weight is 294 g/mol. The number of hydrogen-bond donors (Lipinski definition) is 0. The number of rotatable bonds is 1. The van der Waals surface area contributed by atoms with E-state index in [2.05, 4.69) is 4.74 Å². The van der Waals surface area contributed by atoms with E-state index >= 15 is 0 Å². The van der Waals surface area contributed by atoms with Crippen molar-refractivity contribution in [1.82, 2.24) is 0 Å². The second kappa shape index (κ2) is 4.04. The number of methoxy groups -OCH3 is 1. The first kappa shape index (κ1) is 10.4. The summed E-state index contributed by atoms with van der Waals surface area (Å²) < 4.78 is 18.1. The topological polar surface area (TPSA) is 26.3 Å². The summed E-state index contributed by atoms with van der Waals surface area (Å²) in [6.07, 6.45) is 0. The zero-order valence-electron chi connectivity index (χ0n) is 7.23. The van der Waals surface area contributed by atoms with Gasteiger partial charge in [-0.3, -0.25) is 0 Å². The van der Waals surface area contributed by atoms with Crippen molar-refractivity contribution >= 4 is 28.6 Å². The Balaban J connectivity index is 3.28. The minimum Gasteiger partial charge on any atom is -0.465 e. The molecule has 0 fully saturated rings. The van der Waals surface area contributed by atoms with Gasteiger partial charge in [0.05, 0.1) is 12.7 Å². The van der Waals surface area contributed by atoms with E-state index in [0.29, 0.717) is 0 Å². The van der Waals surface area contributed by atoms with Gasteiger partial charge in [-0.15, -0.1) is 0 Å². The second-order valence-electron chi connectivity index (χ2n) is 2.55. The van der Waals surface area contributed by atoms with Gasteiger partial charge in [0, 0.05) is 3.57 Å². The number of halogens is 2. The molecule has 0 atom stereocenters. The lowest BCUT2D eigenvalue weighted by Gasteiger charge is -2.05. The Labute approximate surface area is 89.2 Å². The van der Waals surface area contributed by atoms with Crippen LogP contribution in [0.4, 0.5) is 4.39 Å². The minimum atomic E-state index is -0.505. The third-order valence-electron chi connectivity index (χ3n) is 1.71. The van der Waals surface area contributed by atoms with Gasteiger partial charge in [0.1, 0.15) is 5.82 Å². The van der Waals surface area contributed by atoms with Gasteiger partial charge in [0.15, 0.2) is 0 Å². The van der Waals surface area contributed by atoms with Crippen LogP contribution < -0.4 is 0 Å². The van der Waals surface area contributed by atoms with Crippen molar-refractivity contribution in [3.8, 4) is 0 Å². The van der Waals surface area contributed by atoms with Crippen LogP contribution in [0.5, 0.6) is 0 Å². The summed E-state index contributed by atoms with van der Waals surface area (Å²) in [7, 11) is 1.28. The molecule has 70 valence electrons. The van der Waals surface area contributed by atoms with Crippen molar-refractivity contribution in [1.29, 1.82) is 0 Å². The van der Waals surface area contributed by atoms with Gasteiger partial charge in [0.25, 0.3) is 0 Å². The highest BCUT2D eigenvalue weighted by Gasteiger charge is 2.12. The monoisotopic (exact) mass is 294 g/mol. The lowest BCUT2D eigenvalue weighted by molar-refractivity contribution is 0.0599. The van der Waals surface area contributed by atoms with E-state index in [1.807, 2.05) is 22.6 Å². The van der Waals surface area contributed by atoms with Gasteiger partial charge >= 0.3 is 5.97 Å². The smallest absolute Gasteiger partial charge is 0.338 e. The highest BCUT2D eigenvalue weighted by atomic mass is 127.